The largest absolute Gasteiger partial charge is 0.335 e. The summed E-state index contributed by atoms with van der Waals surface area (Å²) >= 11 is 0. The van der Waals surface area contributed by atoms with Gasteiger partial charge in [-0.3, -0.25) is 9.48 Å². The number of aromatic nitrogens is 3. The number of carbonyl (C=O) groups excluding carboxylic acids is 1. The lowest BCUT2D eigenvalue weighted by Crippen LogP contribution is -2.47. The van der Waals surface area contributed by atoms with Gasteiger partial charge in [0.1, 0.15) is 0 Å². The Labute approximate surface area is 181 Å². The molecule has 10 heteroatoms. The van der Waals surface area contributed by atoms with Crippen molar-refractivity contribution in [2.45, 2.75) is 11.4 Å². The van der Waals surface area contributed by atoms with Gasteiger partial charge in [0, 0.05) is 45.2 Å². The van der Waals surface area contributed by atoms with E-state index in [1.165, 1.54) is 8.99 Å². The van der Waals surface area contributed by atoms with E-state index in [1.807, 2.05) is 37.4 Å². The van der Waals surface area contributed by atoms with Crippen LogP contribution in [0, 0.1) is 0 Å². The third-order valence-corrected chi connectivity index (χ3v) is 7.55. The Balaban J connectivity index is 1.43. The van der Waals surface area contributed by atoms with Crippen LogP contribution < -0.4 is 0 Å². The number of amides is 1. The summed E-state index contributed by atoms with van der Waals surface area (Å²) in [5.74, 6) is -0.143. The average Bonchev–Trinajstić information content (AvgIpc) is 3.26. The van der Waals surface area contributed by atoms with Gasteiger partial charge >= 0.3 is 0 Å². The Morgan fingerprint density at radius 2 is 1.77 bits per heavy atom. The highest BCUT2D eigenvalue weighted by Gasteiger charge is 2.24. The van der Waals surface area contributed by atoms with Crippen LogP contribution in [0.2, 0.25) is 0 Å². The van der Waals surface area contributed by atoms with Crippen LogP contribution in [0.1, 0.15) is 10.5 Å². The minimum Gasteiger partial charge on any atom is -0.335 e. The van der Waals surface area contributed by atoms with Crippen molar-refractivity contribution in [1.29, 1.82) is 0 Å². The molecule has 9 nitrogen and oxygen atoms in total. The lowest BCUT2D eigenvalue weighted by atomic mass is 10.1. The van der Waals surface area contributed by atoms with E-state index in [-0.39, 0.29) is 23.0 Å². The van der Waals surface area contributed by atoms with Gasteiger partial charge in [-0.1, -0.05) is 41.6 Å². The number of hydrogen-bond donors (Lipinski definition) is 0. The summed E-state index contributed by atoms with van der Waals surface area (Å²) in [6, 6.07) is 12.7. The van der Waals surface area contributed by atoms with Crippen LogP contribution in [-0.4, -0.2) is 90.2 Å². The number of piperazine rings is 1. The fourth-order valence-corrected chi connectivity index (χ4v) is 5.00. The van der Waals surface area contributed by atoms with Gasteiger partial charge in [0.15, 0.2) is 5.69 Å². The number of benzene rings is 2. The molecular weight excluding hydrogens is 416 g/mol. The number of fused-ring (bicyclic) bond motifs is 1. The topological polar surface area (TPSA) is 91.6 Å². The lowest BCUT2D eigenvalue weighted by Gasteiger charge is -2.31. The molecule has 164 valence electrons. The van der Waals surface area contributed by atoms with Crippen molar-refractivity contribution in [1.82, 2.24) is 29.1 Å². The Bertz CT molecular complexity index is 1180. The molecule has 1 aromatic heterocycles. The van der Waals surface area contributed by atoms with Gasteiger partial charge in [-0.25, -0.2) is 8.42 Å². The first-order valence-electron chi connectivity index (χ1n) is 10.2. The van der Waals surface area contributed by atoms with Crippen LogP contribution in [0.4, 0.5) is 0 Å². The molecule has 1 aliphatic heterocycles. The highest BCUT2D eigenvalue weighted by atomic mass is 32.2. The number of hydrogen-bond acceptors (Lipinski definition) is 6. The summed E-state index contributed by atoms with van der Waals surface area (Å²) < 4.78 is 29.1. The first-order chi connectivity index (χ1) is 14.9. The molecule has 0 unspecified atom stereocenters. The van der Waals surface area contributed by atoms with E-state index in [2.05, 4.69) is 15.2 Å². The van der Waals surface area contributed by atoms with E-state index in [1.54, 1.807) is 30.3 Å². The molecule has 1 aliphatic rings. The standard InChI is InChI=1S/C21H26N6O3S/c1-24-10-13-26(14-11-24)21(28)19-16-27(23-22-19)15-12-25(2)31(29,30)20-9-5-7-17-6-3-4-8-18(17)20/h3-9,16H,10-15H2,1-2H3. The molecule has 0 aliphatic carbocycles. The number of likely N-dealkylation sites (N-methyl/N-ethyl adjacent to an activating group) is 2. The summed E-state index contributed by atoms with van der Waals surface area (Å²) in [7, 11) is -0.101. The number of carbonyl (C=O) groups is 1. The number of sulfonamides is 1. The third kappa shape index (κ3) is 4.46. The molecule has 0 spiro atoms. The number of rotatable bonds is 6. The van der Waals surface area contributed by atoms with E-state index >= 15 is 0 Å². The second-order valence-electron chi connectivity index (χ2n) is 7.77. The molecule has 2 heterocycles. The summed E-state index contributed by atoms with van der Waals surface area (Å²) in [5.41, 5.74) is 0.282. The van der Waals surface area contributed by atoms with E-state index < -0.39 is 10.0 Å². The second-order valence-corrected chi connectivity index (χ2v) is 9.78. The zero-order valence-corrected chi connectivity index (χ0v) is 18.5. The van der Waals surface area contributed by atoms with Crippen LogP contribution in [-0.2, 0) is 16.6 Å². The van der Waals surface area contributed by atoms with Crippen molar-refractivity contribution >= 4 is 26.7 Å². The first-order valence-corrected chi connectivity index (χ1v) is 11.6. The number of nitrogens with zero attached hydrogens (tertiary/aromatic N) is 6. The highest BCUT2D eigenvalue weighted by Crippen LogP contribution is 2.25. The van der Waals surface area contributed by atoms with Crippen molar-refractivity contribution in [2.75, 3.05) is 46.8 Å². The van der Waals surface area contributed by atoms with Crippen LogP contribution in [0.15, 0.2) is 53.6 Å². The van der Waals surface area contributed by atoms with Gasteiger partial charge in [0.25, 0.3) is 5.91 Å². The molecule has 0 atom stereocenters. The Hall–Kier alpha value is -2.82. The van der Waals surface area contributed by atoms with Crippen LogP contribution in [0.5, 0.6) is 0 Å². The maximum atomic E-state index is 13.1. The molecule has 0 radical (unpaired) electrons. The SMILES string of the molecule is CN1CCN(C(=O)c2cn(CCN(C)S(=O)(=O)c3cccc4ccccc34)nn2)CC1. The summed E-state index contributed by atoms with van der Waals surface area (Å²) in [6.07, 6.45) is 1.58. The molecule has 0 bridgehead atoms. The maximum Gasteiger partial charge on any atom is 0.276 e. The molecule has 4 rings (SSSR count). The lowest BCUT2D eigenvalue weighted by molar-refractivity contribution is 0.0658. The highest BCUT2D eigenvalue weighted by molar-refractivity contribution is 7.89. The van der Waals surface area contributed by atoms with Crippen LogP contribution >= 0.6 is 0 Å². The molecule has 1 fully saturated rings. The van der Waals surface area contributed by atoms with E-state index in [4.69, 9.17) is 0 Å². The zero-order valence-electron chi connectivity index (χ0n) is 17.7. The molecule has 0 saturated carbocycles. The first kappa shape index (κ1) is 21.4. The van der Waals surface area contributed by atoms with E-state index in [9.17, 15) is 13.2 Å². The molecule has 31 heavy (non-hydrogen) atoms. The fraction of sp³-hybridized carbons (Fsp3) is 0.381. The van der Waals surface area contributed by atoms with E-state index in [0.717, 1.165) is 18.5 Å². The Morgan fingerprint density at radius 3 is 2.55 bits per heavy atom. The normalized spacial score (nSPS) is 15.6. The zero-order chi connectivity index (χ0) is 22.0. The van der Waals surface area contributed by atoms with Gasteiger partial charge in [0.05, 0.1) is 17.6 Å². The van der Waals surface area contributed by atoms with Gasteiger partial charge in [-0.2, -0.15) is 4.31 Å². The average molecular weight is 443 g/mol. The van der Waals surface area contributed by atoms with Crippen molar-refractivity contribution in [3.05, 3.63) is 54.4 Å². The smallest absolute Gasteiger partial charge is 0.276 e. The predicted octanol–water partition coefficient (Wildman–Crippen LogP) is 1.14. The molecule has 1 saturated heterocycles. The molecule has 1 amide bonds. The van der Waals surface area contributed by atoms with Crippen molar-refractivity contribution in [3.8, 4) is 0 Å². The fourth-order valence-electron chi connectivity index (χ4n) is 3.63. The Kier molecular flexibility index (Phi) is 6.03. The minimum atomic E-state index is -3.68. The van der Waals surface area contributed by atoms with E-state index in [0.29, 0.717) is 25.0 Å². The van der Waals surface area contributed by atoms with Gasteiger partial charge in [0.2, 0.25) is 10.0 Å². The minimum absolute atomic E-state index is 0.143. The molecule has 2 aromatic carbocycles. The molecule has 3 aromatic rings. The van der Waals surface area contributed by atoms with Gasteiger partial charge in [-0.15, -0.1) is 5.10 Å². The van der Waals surface area contributed by atoms with Crippen LogP contribution in [0.25, 0.3) is 10.8 Å². The maximum absolute atomic E-state index is 13.1. The van der Waals surface area contributed by atoms with Gasteiger partial charge < -0.3 is 9.80 Å². The predicted molar refractivity (Wildman–Crippen MR) is 117 cm³/mol. The Morgan fingerprint density at radius 1 is 1.06 bits per heavy atom. The van der Waals surface area contributed by atoms with Crippen LogP contribution in [0.3, 0.4) is 0 Å². The second kappa shape index (κ2) is 8.74. The van der Waals surface area contributed by atoms with Crippen molar-refractivity contribution in [3.63, 3.8) is 0 Å². The van der Waals surface area contributed by atoms with Crippen molar-refractivity contribution < 1.29 is 13.2 Å². The summed E-state index contributed by atoms with van der Waals surface area (Å²) in [6.45, 7) is 3.48. The summed E-state index contributed by atoms with van der Waals surface area (Å²) in [4.78, 5) is 16.8. The monoisotopic (exact) mass is 442 g/mol. The molecular formula is C21H26N6O3S. The third-order valence-electron chi connectivity index (χ3n) is 5.63. The summed E-state index contributed by atoms with van der Waals surface area (Å²) in [5, 5.41) is 9.57. The molecule has 0 N–H and O–H groups in total. The van der Waals surface area contributed by atoms with Gasteiger partial charge in [-0.05, 0) is 18.5 Å². The quantitative estimate of drug-likeness (QED) is 0.569. The van der Waals surface area contributed by atoms with Crippen molar-refractivity contribution in [2.24, 2.45) is 0 Å².